The van der Waals surface area contributed by atoms with Crippen molar-refractivity contribution in [3.63, 3.8) is 0 Å². The molecule has 1 unspecified atom stereocenters. The van der Waals surface area contributed by atoms with Gasteiger partial charge in [-0.2, -0.15) is 26.3 Å². The Morgan fingerprint density at radius 3 is 2.45 bits per heavy atom. The summed E-state index contributed by atoms with van der Waals surface area (Å²) in [4.78, 5) is 23.9. The number of hydrogen-bond acceptors (Lipinski definition) is 4. The van der Waals surface area contributed by atoms with Crippen LogP contribution in [0.1, 0.15) is 51.4 Å². The van der Waals surface area contributed by atoms with Crippen LogP contribution in [-0.2, 0) is 15.6 Å². The van der Waals surface area contributed by atoms with Gasteiger partial charge in [0, 0.05) is 30.5 Å². The average molecular weight is 586 g/mol. The predicted octanol–water partition coefficient (Wildman–Crippen LogP) is 5.67. The van der Waals surface area contributed by atoms with E-state index >= 15 is 0 Å². The molecule has 0 aromatic heterocycles. The Kier molecular flexibility index (Phi) is 8.93. The molecule has 6 nitrogen and oxygen atoms in total. The minimum absolute atomic E-state index is 0.0481. The van der Waals surface area contributed by atoms with Crippen molar-refractivity contribution >= 4 is 38.6 Å². The molecule has 0 spiro atoms. The Bertz CT molecular complexity index is 1270. The molecule has 1 saturated heterocycles. The zero-order valence-corrected chi connectivity index (χ0v) is 21.3. The number of rotatable bonds is 7. The lowest BCUT2D eigenvalue weighted by Crippen LogP contribution is -2.36. The zero-order chi connectivity index (χ0) is 28.4. The summed E-state index contributed by atoms with van der Waals surface area (Å²) in [6.45, 7) is 1.75. The van der Waals surface area contributed by atoms with Gasteiger partial charge in [0.25, 0.3) is 5.91 Å². The number of benzene rings is 2. The van der Waals surface area contributed by atoms with Crippen molar-refractivity contribution in [3.8, 4) is 0 Å². The molecule has 38 heavy (non-hydrogen) atoms. The number of oxime groups is 1. The van der Waals surface area contributed by atoms with Crippen LogP contribution < -0.4 is 10.6 Å². The van der Waals surface area contributed by atoms with Crippen molar-refractivity contribution in [1.29, 1.82) is 0 Å². The first kappa shape index (κ1) is 29.6. The monoisotopic (exact) mass is 585 g/mol. The van der Waals surface area contributed by atoms with Crippen LogP contribution in [0.4, 0.5) is 30.7 Å². The van der Waals surface area contributed by atoms with Crippen molar-refractivity contribution in [2.75, 3.05) is 6.54 Å². The van der Waals surface area contributed by atoms with E-state index in [1.54, 1.807) is 9.47 Å². The standard InChI is InChI=1S/C23H20ClF7N3O3P/c1-10-4-11(2-3-14(10)21(36)33-13-7-19(35)32-9-13)18(34-37-38)8-16(23(29,30)31)15-5-12(22(26,27)28)6-17(24)20(15)25/h2-6,13,16H,7-9,38H2,1H3,(H,32,35)(H,33,36)/b34-18+/t13-,16-/m0/s1. The molecule has 15 heteroatoms. The van der Waals surface area contributed by atoms with Crippen molar-refractivity contribution < 1.29 is 44.9 Å². The minimum Gasteiger partial charge on any atom is -0.383 e. The number of carbonyl (C=O) groups is 2. The summed E-state index contributed by atoms with van der Waals surface area (Å²) < 4.78 is 101. The Balaban J connectivity index is 1.96. The van der Waals surface area contributed by atoms with Crippen molar-refractivity contribution in [2.45, 2.75) is 44.1 Å². The Labute approximate surface area is 219 Å². The second-order valence-electron chi connectivity index (χ2n) is 8.51. The second-order valence-corrected chi connectivity index (χ2v) is 9.13. The topological polar surface area (TPSA) is 79.8 Å². The van der Waals surface area contributed by atoms with Crippen LogP contribution in [0.5, 0.6) is 0 Å². The maximum Gasteiger partial charge on any atom is 0.416 e. The molecule has 2 amide bonds. The normalized spacial score (nSPS) is 17.3. The Morgan fingerprint density at radius 1 is 1.24 bits per heavy atom. The quantitative estimate of drug-likeness (QED) is 0.190. The third-order valence-corrected chi connectivity index (χ3v) is 6.21. The van der Waals surface area contributed by atoms with Crippen LogP contribution in [-0.4, -0.2) is 36.3 Å². The largest absolute Gasteiger partial charge is 0.416 e. The highest BCUT2D eigenvalue weighted by Crippen LogP contribution is 2.43. The molecule has 2 aromatic rings. The van der Waals surface area contributed by atoms with Crippen LogP contribution in [0.15, 0.2) is 35.5 Å². The number of alkyl halides is 6. The number of nitrogens with zero attached hydrogens (tertiary/aromatic N) is 1. The molecular weight excluding hydrogens is 566 g/mol. The summed E-state index contributed by atoms with van der Waals surface area (Å²) >= 11 is 5.51. The first-order valence-corrected chi connectivity index (χ1v) is 11.7. The second kappa shape index (κ2) is 11.4. The van der Waals surface area contributed by atoms with Gasteiger partial charge in [0.1, 0.15) is 5.82 Å². The van der Waals surface area contributed by atoms with Gasteiger partial charge in [0.2, 0.25) is 5.91 Å². The van der Waals surface area contributed by atoms with Crippen molar-refractivity contribution in [3.05, 3.63) is 69.0 Å². The highest BCUT2D eigenvalue weighted by atomic mass is 35.5. The number of hydrogen-bond donors (Lipinski definition) is 2. The van der Waals surface area contributed by atoms with Gasteiger partial charge in [-0.05, 0) is 42.3 Å². The first-order chi connectivity index (χ1) is 17.6. The number of halogens is 8. The van der Waals surface area contributed by atoms with E-state index in [-0.39, 0.29) is 47.8 Å². The van der Waals surface area contributed by atoms with Crippen LogP contribution in [0.25, 0.3) is 0 Å². The Morgan fingerprint density at radius 2 is 1.92 bits per heavy atom. The van der Waals surface area contributed by atoms with Gasteiger partial charge in [0.05, 0.1) is 37.7 Å². The third-order valence-electron chi connectivity index (χ3n) is 5.83. The van der Waals surface area contributed by atoms with Gasteiger partial charge in [-0.25, -0.2) is 4.39 Å². The van der Waals surface area contributed by atoms with Crippen LogP contribution in [0.3, 0.4) is 0 Å². The van der Waals surface area contributed by atoms with E-state index in [4.69, 9.17) is 11.6 Å². The smallest absolute Gasteiger partial charge is 0.383 e. The molecular formula is C23H20ClF7N3O3P. The van der Waals surface area contributed by atoms with Crippen LogP contribution in [0, 0.1) is 12.7 Å². The molecule has 2 aromatic carbocycles. The summed E-state index contributed by atoms with van der Waals surface area (Å²) in [6.07, 6.45) is -11.3. The molecule has 3 rings (SSSR count). The minimum atomic E-state index is -5.20. The first-order valence-electron chi connectivity index (χ1n) is 10.9. The molecule has 0 radical (unpaired) electrons. The van der Waals surface area contributed by atoms with Gasteiger partial charge < -0.3 is 15.3 Å². The molecule has 1 aliphatic rings. The average Bonchev–Trinajstić information content (AvgIpc) is 3.21. The molecule has 0 aliphatic carbocycles. The highest BCUT2D eigenvalue weighted by molar-refractivity contribution is 7.09. The lowest BCUT2D eigenvalue weighted by atomic mass is 9.88. The number of amides is 2. The van der Waals surface area contributed by atoms with E-state index in [2.05, 4.69) is 20.4 Å². The van der Waals surface area contributed by atoms with Crippen LogP contribution in [0.2, 0.25) is 5.02 Å². The van der Waals surface area contributed by atoms with E-state index in [0.717, 1.165) is 0 Å². The lowest BCUT2D eigenvalue weighted by molar-refractivity contribution is -0.150. The van der Waals surface area contributed by atoms with Crippen LogP contribution >= 0.6 is 21.1 Å². The number of nitrogens with one attached hydrogen (secondary N) is 2. The van der Waals surface area contributed by atoms with Gasteiger partial charge in [-0.3, -0.25) is 9.59 Å². The highest BCUT2D eigenvalue weighted by Gasteiger charge is 2.45. The SMILES string of the molecule is Cc1cc(/C(C[C@@H](c2cc(C(F)(F)F)cc(Cl)c2F)C(F)(F)F)=N/OP)ccc1C(=O)N[C@@H]1CNC(=O)C1. The van der Waals surface area contributed by atoms with Crippen molar-refractivity contribution in [2.24, 2.45) is 5.16 Å². The van der Waals surface area contributed by atoms with Gasteiger partial charge in [-0.15, -0.1) is 0 Å². The molecule has 2 N–H and O–H groups in total. The van der Waals surface area contributed by atoms with Gasteiger partial charge in [-0.1, -0.05) is 22.8 Å². The number of aryl methyl sites for hydroxylation is 1. The Hall–Kier alpha value is -2.92. The van der Waals surface area contributed by atoms with Gasteiger partial charge in [0.15, 0.2) is 0 Å². The summed E-state index contributed by atoms with van der Waals surface area (Å²) in [6, 6.07) is 3.76. The third kappa shape index (κ3) is 6.93. The number of carbonyl (C=O) groups excluding carboxylic acids is 2. The van der Waals surface area contributed by atoms with E-state index in [9.17, 15) is 40.3 Å². The zero-order valence-electron chi connectivity index (χ0n) is 19.4. The molecule has 3 atom stereocenters. The fraction of sp³-hybridized carbons (Fsp3) is 0.348. The van der Waals surface area contributed by atoms with Gasteiger partial charge >= 0.3 is 12.4 Å². The van der Waals surface area contributed by atoms with Crippen molar-refractivity contribution in [1.82, 2.24) is 10.6 Å². The van der Waals surface area contributed by atoms with E-state index < -0.39 is 58.6 Å². The molecule has 1 fully saturated rings. The van der Waals surface area contributed by atoms with E-state index in [1.807, 2.05) is 0 Å². The summed E-state index contributed by atoms with van der Waals surface area (Å²) in [7, 11) is 1.70. The van der Waals surface area contributed by atoms with E-state index in [0.29, 0.717) is 5.56 Å². The lowest BCUT2D eigenvalue weighted by Gasteiger charge is -2.23. The maximum atomic E-state index is 14.6. The summed E-state index contributed by atoms with van der Waals surface area (Å²) in [5, 5.41) is 7.68. The molecule has 1 aliphatic heterocycles. The maximum absolute atomic E-state index is 14.6. The molecule has 206 valence electrons. The fourth-order valence-corrected chi connectivity index (χ4v) is 4.32. The van der Waals surface area contributed by atoms with E-state index in [1.165, 1.54) is 25.1 Å². The predicted molar refractivity (Wildman–Crippen MR) is 127 cm³/mol. The summed E-state index contributed by atoms with van der Waals surface area (Å²) in [5.74, 6) is -5.16. The summed E-state index contributed by atoms with van der Waals surface area (Å²) in [5.41, 5.74) is -2.68. The molecule has 1 heterocycles. The molecule has 0 bridgehead atoms. The fourth-order valence-electron chi connectivity index (χ4n) is 3.96. The molecule has 0 saturated carbocycles.